The number of benzene rings is 1. The summed E-state index contributed by atoms with van der Waals surface area (Å²) in [5.41, 5.74) is 0.535. The standard InChI is InChI=1S/C15H22BrNO3/c1-5-10(6-2)9-17-15(18)11-7-12(19-3)14(16)13(8-11)20-4/h7-8,10H,5-6,9H2,1-4H3,(H,17,18). The number of rotatable bonds is 7. The molecule has 1 aromatic rings. The molecule has 0 spiro atoms. The third-order valence-corrected chi connectivity index (χ3v) is 4.20. The highest BCUT2D eigenvalue weighted by atomic mass is 79.9. The molecule has 0 unspecified atom stereocenters. The molecule has 1 rings (SSSR count). The van der Waals surface area contributed by atoms with E-state index in [1.807, 2.05) is 0 Å². The molecule has 4 nitrogen and oxygen atoms in total. The van der Waals surface area contributed by atoms with Gasteiger partial charge in [-0.05, 0) is 34.0 Å². The molecule has 0 saturated carbocycles. The molecule has 5 heteroatoms. The van der Waals surface area contributed by atoms with Crippen LogP contribution in [0.4, 0.5) is 0 Å². The summed E-state index contributed by atoms with van der Waals surface area (Å²) in [5.74, 6) is 1.56. The summed E-state index contributed by atoms with van der Waals surface area (Å²) in [6.45, 7) is 4.95. The van der Waals surface area contributed by atoms with Crippen LogP contribution in [0.2, 0.25) is 0 Å². The van der Waals surface area contributed by atoms with E-state index in [1.54, 1.807) is 26.4 Å². The van der Waals surface area contributed by atoms with Crippen molar-refractivity contribution in [1.82, 2.24) is 5.32 Å². The summed E-state index contributed by atoms with van der Waals surface area (Å²) in [4.78, 5) is 12.2. The van der Waals surface area contributed by atoms with Gasteiger partial charge in [-0.2, -0.15) is 0 Å². The van der Waals surface area contributed by atoms with E-state index in [-0.39, 0.29) is 5.91 Å². The summed E-state index contributed by atoms with van der Waals surface area (Å²) in [5, 5.41) is 2.96. The maximum atomic E-state index is 12.2. The van der Waals surface area contributed by atoms with Gasteiger partial charge < -0.3 is 14.8 Å². The molecule has 0 aliphatic heterocycles. The average Bonchev–Trinajstić information content (AvgIpc) is 2.48. The van der Waals surface area contributed by atoms with E-state index in [4.69, 9.17) is 9.47 Å². The molecule has 0 saturated heterocycles. The maximum Gasteiger partial charge on any atom is 0.251 e. The SMILES string of the molecule is CCC(CC)CNC(=O)c1cc(OC)c(Br)c(OC)c1. The van der Waals surface area contributed by atoms with Crippen LogP contribution in [-0.2, 0) is 0 Å². The van der Waals surface area contributed by atoms with Gasteiger partial charge in [0.15, 0.2) is 0 Å². The Balaban J connectivity index is 2.87. The second-order valence-electron chi connectivity index (χ2n) is 4.59. The summed E-state index contributed by atoms with van der Waals surface area (Å²) < 4.78 is 11.2. The van der Waals surface area contributed by atoms with Crippen LogP contribution in [0.25, 0.3) is 0 Å². The fourth-order valence-electron chi connectivity index (χ4n) is 1.92. The van der Waals surface area contributed by atoms with Crippen molar-refractivity contribution in [2.24, 2.45) is 5.92 Å². The molecule has 0 aliphatic rings. The molecule has 0 atom stereocenters. The zero-order chi connectivity index (χ0) is 15.1. The first-order valence-electron chi connectivity index (χ1n) is 6.77. The molecule has 0 fully saturated rings. The number of methoxy groups -OCH3 is 2. The number of hydrogen-bond acceptors (Lipinski definition) is 3. The molecule has 1 N–H and O–H groups in total. The Morgan fingerprint density at radius 3 is 2.10 bits per heavy atom. The lowest BCUT2D eigenvalue weighted by Gasteiger charge is -2.15. The molecular formula is C15H22BrNO3. The Labute approximate surface area is 129 Å². The zero-order valence-corrected chi connectivity index (χ0v) is 14.0. The minimum atomic E-state index is -0.110. The first-order valence-corrected chi connectivity index (χ1v) is 7.56. The van der Waals surface area contributed by atoms with Crippen LogP contribution >= 0.6 is 15.9 Å². The van der Waals surface area contributed by atoms with E-state index in [9.17, 15) is 4.79 Å². The Bertz CT molecular complexity index is 433. The molecule has 1 amide bonds. The van der Waals surface area contributed by atoms with E-state index in [2.05, 4.69) is 35.1 Å². The van der Waals surface area contributed by atoms with Crippen LogP contribution in [0.5, 0.6) is 11.5 Å². The molecule has 1 aromatic carbocycles. The van der Waals surface area contributed by atoms with Gasteiger partial charge in [-0.25, -0.2) is 0 Å². The molecule has 20 heavy (non-hydrogen) atoms. The third-order valence-electron chi connectivity index (χ3n) is 3.41. The minimum absolute atomic E-state index is 0.110. The van der Waals surface area contributed by atoms with Crippen molar-refractivity contribution in [1.29, 1.82) is 0 Å². The van der Waals surface area contributed by atoms with E-state index in [0.29, 0.717) is 34.0 Å². The lowest BCUT2D eigenvalue weighted by atomic mass is 10.0. The van der Waals surface area contributed by atoms with Crippen LogP contribution in [-0.4, -0.2) is 26.7 Å². The fraction of sp³-hybridized carbons (Fsp3) is 0.533. The lowest BCUT2D eigenvalue weighted by Crippen LogP contribution is -2.29. The van der Waals surface area contributed by atoms with Crippen LogP contribution in [0.3, 0.4) is 0 Å². The van der Waals surface area contributed by atoms with Gasteiger partial charge in [0.05, 0.1) is 14.2 Å². The van der Waals surface area contributed by atoms with Gasteiger partial charge in [0.2, 0.25) is 0 Å². The summed E-state index contributed by atoms with van der Waals surface area (Å²) in [7, 11) is 3.12. The first kappa shape index (κ1) is 16.8. The van der Waals surface area contributed by atoms with Crippen molar-refractivity contribution in [3.63, 3.8) is 0 Å². The van der Waals surface area contributed by atoms with Crippen LogP contribution in [0.15, 0.2) is 16.6 Å². The topological polar surface area (TPSA) is 47.6 Å². The summed E-state index contributed by atoms with van der Waals surface area (Å²) in [6.07, 6.45) is 2.12. The van der Waals surface area contributed by atoms with Crippen molar-refractivity contribution in [3.8, 4) is 11.5 Å². The third kappa shape index (κ3) is 4.13. The minimum Gasteiger partial charge on any atom is -0.495 e. The second kappa shape index (κ2) is 8.15. The van der Waals surface area contributed by atoms with Crippen LogP contribution < -0.4 is 14.8 Å². The van der Waals surface area contributed by atoms with Gasteiger partial charge >= 0.3 is 0 Å². The molecule has 0 aromatic heterocycles. The number of carbonyl (C=O) groups excluding carboxylic acids is 1. The summed E-state index contributed by atoms with van der Waals surface area (Å²) >= 11 is 3.39. The molecule has 0 aliphatic carbocycles. The van der Waals surface area contributed by atoms with Crippen molar-refractivity contribution in [2.45, 2.75) is 26.7 Å². The Hall–Kier alpha value is -1.23. The maximum absolute atomic E-state index is 12.2. The van der Waals surface area contributed by atoms with E-state index >= 15 is 0 Å². The van der Waals surface area contributed by atoms with Crippen LogP contribution in [0.1, 0.15) is 37.0 Å². The molecule has 112 valence electrons. The average molecular weight is 344 g/mol. The fourth-order valence-corrected chi connectivity index (χ4v) is 2.47. The van der Waals surface area contributed by atoms with Crippen LogP contribution in [0, 0.1) is 5.92 Å². The number of carbonyl (C=O) groups is 1. The quantitative estimate of drug-likeness (QED) is 0.822. The number of ether oxygens (including phenoxy) is 2. The number of amides is 1. The van der Waals surface area contributed by atoms with Crippen molar-refractivity contribution >= 4 is 21.8 Å². The smallest absolute Gasteiger partial charge is 0.251 e. The number of nitrogens with one attached hydrogen (secondary N) is 1. The predicted octanol–water partition coefficient (Wildman–Crippen LogP) is 3.63. The first-order chi connectivity index (χ1) is 9.57. The summed E-state index contributed by atoms with van der Waals surface area (Å²) in [6, 6.07) is 3.41. The van der Waals surface area contributed by atoms with Gasteiger partial charge in [-0.15, -0.1) is 0 Å². The normalized spacial score (nSPS) is 10.5. The monoisotopic (exact) mass is 343 g/mol. The lowest BCUT2D eigenvalue weighted by molar-refractivity contribution is 0.0945. The van der Waals surface area contributed by atoms with Gasteiger partial charge in [0.1, 0.15) is 16.0 Å². The highest BCUT2D eigenvalue weighted by Crippen LogP contribution is 2.35. The van der Waals surface area contributed by atoms with Crippen molar-refractivity contribution in [2.75, 3.05) is 20.8 Å². The van der Waals surface area contributed by atoms with Gasteiger partial charge in [-0.1, -0.05) is 26.7 Å². The number of halogens is 1. The molecule has 0 heterocycles. The molecule has 0 radical (unpaired) electrons. The van der Waals surface area contributed by atoms with Gasteiger partial charge in [0, 0.05) is 12.1 Å². The van der Waals surface area contributed by atoms with E-state index < -0.39 is 0 Å². The second-order valence-corrected chi connectivity index (χ2v) is 5.38. The highest BCUT2D eigenvalue weighted by Gasteiger charge is 2.15. The highest BCUT2D eigenvalue weighted by molar-refractivity contribution is 9.10. The number of hydrogen-bond donors (Lipinski definition) is 1. The zero-order valence-electron chi connectivity index (χ0n) is 12.5. The molecular weight excluding hydrogens is 322 g/mol. The molecule has 0 bridgehead atoms. The van der Waals surface area contributed by atoms with Crippen molar-refractivity contribution < 1.29 is 14.3 Å². The Kier molecular flexibility index (Phi) is 6.85. The van der Waals surface area contributed by atoms with Crippen molar-refractivity contribution in [3.05, 3.63) is 22.2 Å². The Morgan fingerprint density at radius 2 is 1.70 bits per heavy atom. The van der Waals surface area contributed by atoms with E-state index in [1.165, 1.54) is 0 Å². The van der Waals surface area contributed by atoms with Gasteiger partial charge in [-0.3, -0.25) is 4.79 Å². The largest absolute Gasteiger partial charge is 0.495 e. The van der Waals surface area contributed by atoms with E-state index in [0.717, 1.165) is 12.8 Å². The van der Waals surface area contributed by atoms with Gasteiger partial charge in [0.25, 0.3) is 5.91 Å². The predicted molar refractivity (Wildman–Crippen MR) is 83.7 cm³/mol. The Morgan fingerprint density at radius 1 is 1.20 bits per heavy atom.